The van der Waals surface area contributed by atoms with Crippen LogP contribution in [0.25, 0.3) is 10.8 Å². The van der Waals surface area contributed by atoms with Crippen molar-refractivity contribution >= 4 is 49.6 Å². The molecule has 20 heavy (non-hydrogen) atoms. The molecule has 0 spiro atoms. The summed E-state index contributed by atoms with van der Waals surface area (Å²) in [6, 6.07) is 13.9. The van der Waals surface area contributed by atoms with Gasteiger partial charge in [0.1, 0.15) is 0 Å². The van der Waals surface area contributed by atoms with Gasteiger partial charge in [-0.1, -0.05) is 40.2 Å². The highest BCUT2D eigenvalue weighted by Crippen LogP contribution is 2.30. The zero-order valence-electron chi connectivity index (χ0n) is 10.6. The second kappa shape index (κ2) is 5.77. The molecular weight excluding hydrogens is 334 g/mol. The number of hydrogen-bond donors (Lipinski definition) is 1. The predicted octanol–water partition coefficient (Wildman–Crippen LogP) is 4.85. The highest BCUT2D eigenvalue weighted by Gasteiger charge is 2.08. The van der Waals surface area contributed by atoms with E-state index in [0.717, 1.165) is 26.5 Å². The van der Waals surface area contributed by atoms with Gasteiger partial charge in [0, 0.05) is 15.5 Å². The summed E-state index contributed by atoms with van der Waals surface area (Å²) in [5.74, 6) is 0.0101. The number of carbonyl (C=O) groups excluding carboxylic acids is 1. The smallest absolute Gasteiger partial charge is 0.228 e. The zero-order chi connectivity index (χ0) is 13.9. The molecule has 1 amide bonds. The van der Waals surface area contributed by atoms with Crippen LogP contribution < -0.4 is 5.32 Å². The van der Waals surface area contributed by atoms with Crippen LogP contribution in [-0.2, 0) is 11.2 Å². The largest absolute Gasteiger partial charge is 0.325 e. The fourth-order valence-electron chi connectivity index (χ4n) is 2.14. The molecule has 2 aromatic carbocycles. The molecule has 2 nitrogen and oxygen atoms in total. The van der Waals surface area contributed by atoms with Crippen molar-refractivity contribution in [2.45, 2.75) is 6.42 Å². The lowest BCUT2D eigenvalue weighted by molar-refractivity contribution is -0.115. The van der Waals surface area contributed by atoms with Gasteiger partial charge in [-0.15, -0.1) is 0 Å². The van der Waals surface area contributed by atoms with E-state index in [0.29, 0.717) is 6.42 Å². The van der Waals surface area contributed by atoms with Gasteiger partial charge in [0.2, 0.25) is 5.91 Å². The number of anilines is 1. The third-order valence-corrected chi connectivity index (χ3v) is 4.51. The Morgan fingerprint density at radius 1 is 1.10 bits per heavy atom. The molecule has 0 radical (unpaired) electrons. The van der Waals surface area contributed by atoms with Crippen LogP contribution in [0.4, 0.5) is 5.69 Å². The number of benzene rings is 2. The summed E-state index contributed by atoms with van der Waals surface area (Å²) in [6.07, 6.45) is 0.411. The Morgan fingerprint density at radius 3 is 2.65 bits per heavy atom. The standard InChI is InChI=1S/C16H12BrNOS/c17-14-5-6-15(13-4-2-1-3-12(13)14)18-16(19)9-11-7-8-20-10-11/h1-8,10H,9H2,(H,18,19). The van der Waals surface area contributed by atoms with Crippen molar-refractivity contribution in [3.05, 3.63) is 63.3 Å². The third kappa shape index (κ3) is 2.76. The third-order valence-electron chi connectivity index (χ3n) is 3.09. The number of rotatable bonds is 3. The van der Waals surface area contributed by atoms with E-state index in [9.17, 15) is 4.79 Å². The summed E-state index contributed by atoms with van der Waals surface area (Å²) in [5.41, 5.74) is 1.90. The lowest BCUT2D eigenvalue weighted by Gasteiger charge is -2.09. The molecule has 1 aromatic heterocycles. The number of hydrogen-bond acceptors (Lipinski definition) is 2. The maximum Gasteiger partial charge on any atom is 0.228 e. The van der Waals surface area contributed by atoms with E-state index in [1.165, 1.54) is 0 Å². The van der Waals surface area contributed by atoms with E-state index in [1.807, 2.05) is 53.2 Å². The lowest BCUT2D eigenvalue weighted by Crippen LogP contribution is -2.14. The molecule has 0 fully saturated rings. The molecule has 0 bridgehead atoms. The van der Waals surface area contributed by atoms with E-state index in [1.54, 1.807) is 11.3 Å². The monoisotopic (exact) mass is 345 g/mol. The molecule has 3 aromatic rings. The van der Waals surface area contributed by atoms with Crippen LogP contribution in [0, 0.1) is 0 Å². The minimum Gasteiger partial charge on any atom is -0.325 e. The molecule has 4 heteroatoms. The normalized spacial score (nSPS) is 10.7. The molecule has 0 atom stereocenters. The van der Waals surface area contributed by atoms with Crippen molar-refractivity contribution in [2.75, 3.05) is 5.32 Å². The van der Waals surface area contributed by atoms with E-state index in [-0.39, 0.29) is 5.91 Å². The Hall–Kier alpha value is -1.65. The van der Waals surface area contributed by atoms with Crippen molar-refractivity contribution < 1.29 is 4.79 Å². The molecular formula is C16H12BrNOS. The van der Waals surface area contributed by atoms with Crippen LogP contribution >= 0.6 is 27.3 Å². The summed E-state index contributed by atoms with van der Waals surface area (Å²) < 4.78 is 1.03. The average Bonchev–Trinajstić information content (AvgIpc) is 2.95. The first kappa shape index (κ1) is 13.3. The Bertz CT molecular complexity index is 752. The van der Waals surface area contributed by atoms with Crippen molar-refractivity contribution in [3.63, 3.8) is 0 Å². The van der Waals surface area contributed by atoms with Crippen LogP contribution in [0.5, 0.6) is 0 Å². The number of carbonyl (C=O) groups is 1. The van der Waals surface area contributed by atoms with Crippen LogP contribution in [0.2, 0.25) is 0 Å². The highest BCUT2D eigenvalue weighted by atomic mass is 79.9. The van der Waals surface area contributed by atoms with E-state index in [2.05, 4.69) is 21.2 Å². The molecule has 0 aliphatic heterocycles. The number of amides is 1. The van der Waals surface area contributed by atoms with Gasteiger partial charge < -0.3 is 5.32 Å². The average molecular weight is 346 g/mol. The summed E-state index contributed by atoms with van der Waals surface area (Å²) in [7, 11) is 0. The van der Waals surface area contributed by atoms with Gasteiger partial charge in [0.15, 0.2) is 0 Å². The van der Waals surface area contributed by atoms with Gasteiger partial charge in [-0.05, 0) is 39.9 Å². The van der Waals surface area contributed by atoms with Gasteiger partial charge >= 0.3 is 0 Å². The number of nitrogens with one attached hydrogen (secondary N) is 1. The van der Waals surface area contributed by atoms with Gasteiger partial charge in [-0.25, -0.2) is 0 Å². The fraction of sp³-hybridized carbons (Fsp3) is 0.0625. The topological polar surface area (TPSA) is 29.1 Å². The highest BCUT2D eigenvalue weighted by molar-refractivity contribution is 9.10. The van der Waals surface area contributed by atoms with Crippen molar-refractivity contribution in [2.24, 2.45) is 0 Å². The Kier molecular flexibility index (Phi) is 3.85. The van der Waals surface area contributed by atoms with Crippen molar-refractivity contribution in [3.8, 4) is 0 Å². The summed E-state index contributed by atoms with van der Waals surface area (Å²) in [6.45, 7) is 0. The SMILES string of the molecule is O=C(Cc1ccsc1)Nc1ccc(Br)c2ccccc12. The zero-order valence-corrected chi connectivity index (χ0v) is 13.0. The predicted molar refractivity (Wildman–Crippen MR) is 88.3 cm³/mol. The van der Waals surface area contributed by atoms with Gasteiger partial charge in [-0.3, -0.25) is 4.79 Å². The molecule has 100 valence electrons. The van der Waals surface area contributed by atoms with E-state index >= 15 is 0 Å². The lowest BCUT2D eigenvalue weighted by atomic mass is 10.1. The molecule has 0 saturated heterocycles. The first-order valence-corrected chi connectivity index (χ1v) is 7.96. The van der Waals surface area contributed by atoms with Gasteiger partial charge in [0.05, 0.1) is 6.42 Å². The van der Waals surface area contributed by atoms with E-state index < -0.39 is 0 Å². The first-order chi connectivity index (χ1) is 9.74. The minimum atomic E-state index is 0.0101. The van der Waals surface area contributed by atoms with E-state index in [4.69, 9.17) is 0 Å². The van der Waals surface area contributed by atoms with Gasteiger partial charge in [-0.2, -0.15) is 11.3 Å². The molecule has 0 aliphatic carbocycles. The molecule has 1 N–H and O–H groups in total. The van der Waals surface area contributed by atoms with Crippen LogP contribution in [-0.4, -0.2) is 5.91 Å². The van der Waals surface area contributed by atoms with Crippen LogP contribution in [0.15, 0.2) is 57.7 Å². The number of halogens is 1. The summed E-state index contributed by atoms with van der Waals surface area (Å²) in [4.78, 5) is 12.1. The Balaban J connectivity index is 1.87. The summed E-state index contributed by atoms with van der Waals surface area (Å²) >= 11 is 5.14. The molecule has 3 rings (SSSR count). The minimum absolute atomic E-state index is 0.0101. The maximum absolute atomic E-state index is 12.1. The quantitative estimate of drug-likeness (QED) is 0.722. The molecule has 1 heterocycles. The fourth-order valence-corrected chi connectivity index (χ4v) is 3.29. The second-order valence-electron chi connectivity index (χ2n) is 4.50. The molecule has 0 aliphatic rings. The van der Waals surface area contributed by atoms with Gasteiger partial charge in [0.25, 0.3) is 0 Å². The summed E-state index contributed by atoms with van der Waals surface area (Å²) in [5, 5.41) is 9.12. The number of thiophene rings is 1. The first-order valence-electron chi connectivity index (χ1n) is 6.22. The van der Waals surface area contributed by atoms with Crippen molar-refractivity contribution in [1.29, 1.82) is 0 Å². The van der Waals surface area contributed by atoms with Crippen LogP contribution in [0.3, 0.4) is 0 Å². The van der Waals surface area contributed by atoms with Crippen LogP contribution in [0.1, 0.15) is 5.56 Å². The molecule has 0 unspecified atom stereocenters. The second-order valence-corrected chi connectivity index (χ2v) is 6.13. The molecule has 0 saturated carbocycles. The van der Waals surface area contributed by atoms with Crippen molar-refractivity contribution in [1.82, 2.24) is 0 Å². The number of fused-ring (bicyclic) bond motifs is 1. The maximum atomic E-state index is 12.1. The Labute approximate surface area is 129 Å². The Morgan fingerprint density at radius 2 is 1.90 bits per heavy atom.